The monoisotopic (exact) mass is 413 g/mol. The number of hydrogen-bond acceptors (Lipinski definition) is 5. The minimum atomic E-state index is 0.132. The SMILES string of the molecule is CCCn1nc(C(=O)N2CCSCC2)c2c1CCC(NCCc1cccnc1)C2. The highest BCUT2D eigenvalue weighted by Gasteiger charge is 2.31. The second-order valence-corrected chi connectivity index (χ2v) is 9.13. The van der Waals surface area contributed by atoms with Gasteiger partial charge in [0, 0.05) is 60.8 Å². The fourth-order valence-corrected chi connectivity index (χ4v) is 5.22. The Morgan fingerprint density at radius 3 is 2.97 bits per heavy atom. The Morgan fingerprint density at radius 1 is 1.34 bits per heavy atom. The van der Waals surface area contributed by atoms with Crippen molar-refractivity contribution in [2.24, 2.45) is 0 Å². The van der Waals surface area contributed by atoms with Crippen LogP contribution >= 0.6 is 11.8 Å². The fraction of sp³-hybridized carbons (Fsp3) is 0.591. The van der Waals surface area contributed by atoms with Gasteiger partial charge in [0.25, 0.3) is 5.91 Å². The molecule has 0 saturated carbocycles. The zero-order valence-electron chi connectivity index (χ0n) is 17.3. The lowest BCUT2D eigenvalue weighted by molar-refractivity contribution is 0.0764. The zero-order valence-corrected chi connectivity index (χ0v) is 18.1. The highest BCUT2D eigenvalue weighted by molar-refractivity contribution is 7.99. The Balaban J connectivity index is 1.45. The second kappa shape index (κ2) is 9.76. The molecule has 1 aliphatic carbocycles. The van der Waals surface area contributed by atoms with E-state index in [9.17, 15) is 4.79 Å². The molecule has 7 heteroatoms. The lowest BCUT2D eigenvalue weighted by Gasteiger charge is -2.27. The van der Waals surface area contributed by atoms with Gasteiger partial charge in [-0.15, -0.1) is 0 Å². The molecular weight excluding hydrogens is 382 g/mol. The van der Waals surface area contributed by atoms with Crippen LogP contribution in [0.2, 0.25) is 0 Å². The molecule has 0 spiro atoms. The summed E-state index contributed by atoms with van der Waals surface area (Å²) in [7, 11) is 0. The minimum Gasteiger partial charge on any atom is -0.336 e. The molecule has 1 saturated heterocycles. The predicted molar refractivity (Wildman–Crippen MR) is 118 cm³/mol. The van der Waals surface area contributed by atoms with Crippen LogP contribution in [0.1, 0.15) is 47.1 Å². The third kappa shape index (κ3) is 4.83. The number of nitrogens with zero attached hydrogens (tertiary/aromatic N) is 4. The van der Waals surface area contributed by atoms with Gasteiger partial charge in [-0.25, -0.2) is 0 Å². The first-order valence-electron chi connectivity index (χ1n) is 10.8. The van der Waals surface area contributed by atoms with Gasteiger partial charge in [0.1, 0.15) is 0 Å². The van der Waals surface area contributed by atoms with E-state index in [2.05, 4.69) is 28.0 Å². The molecule has 2 aliphatic rings. The Kier molecular flexibility index (Phi) is 6.87. The molecule has 29 heavy (non-hydrogen) atoms. The van der Waals surface area contributed by atoms with Gasteiger partial charge in [-0.2, -0.15) is 16.9 Å². The van der Waals surface area contributed by atoms with Gasteiger partial charge in [0.15, 0.2) is 5.69 Å². The fourth-order valence-electron chi connectivity index (χ4n) is 4.31. The number of thioether (sulfide) groups is 1. The molecule has 0 aromatic carbocycles. The van der Waals surface area contributed by atoms with Gasteiger partial charge in [0.2, 0.25) is 0 Å². The number of hydrogen-bond donors (Lipinski definition) is 1. The highest BCUT2D eigenvalue weighted by Crippen LogP contribution is 2.27. The van der Waals surface area contributed by atoms with Crippen molar-refractivity contribution in [3.8, 4) is 0 Å². The number of carbonyl (C=O) groups excluding carboxylic acids is 1. The van der Waals surface area contributed by atoms with Crippen LogP contribution in [0.15, 0.2) is 24.5 Å². The Bertz CT molecular complexity index is 816. The number of aryl methyl sites for hydroxylation is 1. The van der Waals surface area contributed by atoms with E-state index in [1.807, 2.05) is 35.1 Å². The van der Waals surface area contributed by atoms with Crippen LogP contribution in [-0.4, -0.2) is 62.8 Å². The van der Waals surface area contributed by atoms with Crippen LogP contribution in [0.25, 0.3) is 0 Å². The van der Waals surface area contributed by atoms with E-state index in [1.54, 1.807) is 0 Å². The van der Waals surface area contributed by atoms with Crippen molar-refractivity contribution in [1.29, 1.82) is 0 Å². The molecule has 1 unspecified atom stereocenters. The van der Waals surface area contributed by atoms with Crippen LogP contribution in [0.5, 0.6) is 0 Å². The lowest BCUT2D eigenvalue weighted by Crippen LogP contribution is -2.40. The number of pyridine rings is 1. The quantitative estimate of drug-likeness (QED) is 0.756. The van der Waals surface area contributed by atoms with E-state index < -0.39 is 0 Å². The molecule has 0 radical (unpaired) electrons. The zero-order chi connectivity index (χ0) is 20.1. The Morgan fingerprint density at radius 2 is 2.21 bits per heavy atom. The molecule has 1 N–H and O–H groups in total. The highest BCUT2D eigenvalue weighted by atomic mass is 32.2. The van der Waals surface area contributed by atoms with Crippen molar-refractivity contribution >= 4 is 17.7 Å². The summed E-state index contributed by atoms with van der Waals surface area (Å²) in [5.74, 6) is 2.19. The molecule has 1 aliphatic heterocycles. The Labute approximate surface area is 177 Å². The van der Waals surface area contributed by atoms with E-state index in [0.717, 1.165) is 69.8 Å². The minimum absolute atomic E-state index is 0.132. The molecule has 2 aromatic rings. The first-order chi connectivity index (χ1) is 14.3. The third-order valence-corrected chi connectivity index (χ3v) is 6.79. The van der Waals surface area contributed by atoms with E-state index >= 15 is 0 Å². The maximum atomic E-state index is 13.2. The largest absolute Gasteiger partial charge is 0.336 e. The summed E-state index contributed by atoms with van der Waals surface area (Å²) in [6, 6.07) is 4.51. The summed E-state index contributed by atoms with van der Waals surface area (Å²) in [6.07, 6.45) is 8.75. The maximum absolute atomic E-state index is 13.2. The van der Waals surface area contributed by atoms with Crippen molar-refractivity contribution < 1.29 is 4.79 Å². The van der Waals surface area contributed by atoms with Crippen molar-refractivity contribution in [2.75, 3.05) is 31.1 Å². The normalized spacial score (nSPS) is 19.2. The van der Waals surface area contributed by atoms with Crippen molar-refractivity contribution in [1.82, 2.24) is 25.0 Å². The van der Waals surface area contributed by atoms with Gasteiger partial charge < -0.3 is 10.2 Å². The van der Waals surface area contributed by atoms with Crippen LogP contribution in [-0.2, 0) is 25.8 Å². The van der Waals surface area contributed by atoms with Crippen molar-refractivity contribution in [3.63, 3.8) is 0 Å². The molecule has 3 heterocycles. The van der Waals surface area contributed by atoms with Gasteiger partial charge in [0.05, 0.1) is 0 Å². The van der Waals surface area contributed by atoms with E-state index in [0.29, 0.717) is 11.7 Å². The lowest BCUT2D eigenvalue weighted by atomic mass is 9.91. The average Bonchev–Trinajstić information content (AvgIpc) is 3.13. The summed E-state index contributed by atoms with van der Waals surface area (Å²) >= 11 is 1.93. The van der Waals surface area contributed by atoms with Gasteiger partial charge >= 0.3 is 0 Å². The second-order valence-electron chi connectivity index (χ2n) is 7.91. The first-order valence-corrected chi connectivity index (χ1v) is 12.0. The molecule has 1 fully saturated rings. The van der Waals surface area contributed by atoms with E-state index in [-0.39, 0.29) is 5.91 Å². The summed E-state index contributed by atoms with van der Waals surface area (Å²) in [4.78, 5) is 19.4. The van der Waals surface area contributed by atoms with Crippen LogP contribution in [0.4, 0.5) is 0 Å². The number of fused-ring (bicyclic) bond motifs is 1. The average molecular weight is 414 g/mol. The number of aromatic nitrogens is 3. The predicted octanol–water partition coefficient (Wildman–Crippen LogP) is 2.57. The van der Waals surface area contributed by atoms with Gasteiger partial charge in [-0.1, -0.05) is 13.0 Å². The van der Waals surface area contributed by atoms with Crippen LogP contribution in [0, 0.1) is 0 Å². The summed E-state index contributed by atoms with van der Waals surface area (Å²) in [6.45, 7) is 5.67. The van der Waals surface area contributed by atoms with Crippen molar-refractivity contribution in [2.45, 2.75) is 51.6 Å². The molecule has 1 amide bonds. The standard InChI is InChI=1S/C22H31N5OS/c1-2-10-27-20-6-5-18(24-9-7-17-4-3-8-23-16-17)15-19(20)21(25-27)22(28)26-11-13-29-14-12-26/h3-4,8,16,18,24H,2,5-7,9-15H2,1H3. The van der Waals surface area contributed by atoms with Crippen LogP contribution in [0.3, 0.4) is 0 Å². The molecule has 2 aromatic heterocycles. The topological polar surface area (TPSA) is 63.1 Å². The number of carbonyl (C=O) groups is 1. The number of amides is 1. The third-order valence-electron chi connectivity index (χ3n) is 5.85. The first kappa shape index (κ1) is 20.4. The van der Waals surface area contributed by atoms with Crippen molar-refractivity contribution in [3.05, 3.63) is 47.0 Å². The molecule has 0 bridgehead atoms. The summed E-state index contributed by atoms with van der Waals surface area (Å²) in [5.41, 5.74) is 4.43. The summed E-state index contributed by atoms with van der Waals surface area (Å²) in [5, 5.41) is 8.51. The van der Waals surface area contributed by atoms with Gasteiger partial charge in [-0.3, -0.25) is 14.5 Å². The molecule has 1 atom stereocenters. The molecular formula is C22H31N5OS. The Hall–Kier alpha value is -1.86. The maximum Gasteiger partial charge on any atom is 0.274 e. The van der Waals surface area contributed by atoms with E-state index in [1.165, 1.54) is 16.8 Å². The summed E-state index contributed by atoms with van der Waals surface area (Å²) < 4.78 is 2.10. The molecule has 4 rings (SSSR count). The number of nitrogens with one attached hydrogen (secondary N) is 1. The number of rotatable bonds is 7. The van der Waals surface area contributed by atoms with Crippen LogP contribution < -0.4 is 5.32 Å². The molecule has 6 nitrogen and oxygen atoms in total. The molecule has 156 valence electrons. The smallest absolute Gasteiger partial charge is 0.274 e. The van der Waals surface area contributed by atoms with Gasteiger partial charge in [-0.05, 0) is 50.3 Å². The van der Waals surface area contributed by atoms with E-state index in [4.69, 9.17) is 5.10 Å².